The number of benzene rings is 3. The van der Waals surface area contributed by atoms with E-state index in [0.717, 1.165) is 36.1 Å². The minimum absolute atomic E-state index is 0.0913. The van der Waals surface area contributed by atoms with Crippen LogP contribution < -0.4 is 9.47 Å². The number of ether oxygens (including phenoxy) is 2. The van der Waals surface area contributed by atoms with Gasteiger partial charge in [0.25, 0.3) is 0 Å². The third kappa shape index (κ3) is 7.16. The summed E-state index contributed by atoms with van der Waals surface area (Å²) in [6.07, 6.45) is 4.28. The van der Waals surface area contributed by atoms with Gasteiger partial charge in [-0.15, -0.1) is 0 Å². The number of hydrogen-bond donors (Lipinski definition) is 1. The molecule has 9 heteroatoms. The summed E-state index contributed by atoms with van der Waals surface area (Å²) < 4.78 is 41.1. The molecule has 1 unspecified atom stereocenters. The number of carboxylic acid groups (broad SMARTS) is 1. The summed E-state index contributed by atoms with van der Waals surface area (Å²) in [6.45, 7) is 2.76. The number of hydrogen-bond acceptors (Lipinski definition) is 7. The molecule has 4 aromatic rings. The molecule has 0 amide bonds. The highest BCUT2D eigenvalue weighted by Crippen LogP contribution is 2.36. The van der Waals surface area contributed by atoms with Crippen molar-refractivity contribution in [1.29, 1.82) is 0 Å². The van der Waals surface area contributed by atoms with Crippen molar-refractivity contribution < 1.29 is 32.3 Å². The molecule has 0 saturated carbocycles. The molecule has 0 spiro atoms. The summed E-state index contributed by atoms with van der Waals surface area (Å²) in [4.78, 5) is 11.5. The molecular weight excluding hydrogens is 578 g/mol. The first kappa shape index (κ1) is 29.9. The van der Waals surface area contributed by atoms with Crippen molar-refractivity contribution in [3.63, 3.8) is 0 Å². The lowest BCUT2D eigenvalue weighted by Gasteiger charge is -2.22. The van der Waals surface area contributed by atoms with Crippen LogP contribution in [0.2, 0.25) is 0 Å². The lowest BCUT2D eigenvalue weighted by atomic mass is 9.93. The van der Waals surface area contributed by atoms with E-state index in [1.165, 1.54) is 22.3 Å². The second-order valence-electron chi connectivity index (χ2n) is 11.9. The van der Waals surface area contributed by atoms with Crippen molar-refractivity contribution in [2.75, 3.05) is 18.1 Å². The summed E-state index contributed by atoms with van der Waals surface area (Å²) in [7, 11) is -2.87. The average molecular weight is 616 g/mol. The predicted molar refractivity (Wildman–Crippen MR) is 167 cm³/mol. The van der Waals surface area contributed by atoms with Gasteiger partial charge in [0.05, 0.1) is 36.1 Å². The topological polar surface area (TPSA) is 116 Å². The van der Waals surface area contributed by atoms with Crippen LogP contribution in [-0.2, 0) is 34.1 Å². The van der Waals surface area contributed by atoms with Gasteiger partial charge in [0.2, 0.25) is 0 Å². The molecule has 2 heterocycles. The smallest absolute Gasteiger partial charge is 0.304 e. The zero-order valence-electron chi connectivity index (χ0n) is 24.8. The van der Waals surface area contributed by atoms with Gasteiger partial charge in [-0.2, -0.15) is 0 Å². The molecule has 1 aliphatic carbocycles. The Morgan fingerprint density at radius 3 is 2.41 bits per heavy atom. The minimum atomic E-state index is -2.87. The van der Waals surface area contributed by atoms with Crippen LogP contribution in [0, 0.1) is 12.8 Å². The molecule has 1 fully saturated rings. The van der Waals surface area contributed by atoms with E-state index in [-0.39, 0.29) is 23.8 Å². The first-order valence-electron chi connectivity index (χ1n) is 15.2. The Morgan fingerprint density at radius 2 is 1.68 bits per heavy atom. The Balaban J connectivity index is 1.12. The maximum absolute atomic E-state index is 11.7. The van der Waals surface area contributed by atoms with Gasteiger partial charge >= 0.3 is 5.97 Å². The van der Waals surface area contributed by atoms with Crippen molar-refractivity contribution in [1.82, 2.24) is 5.16 Å². The second kappa shape index (κ2) is 12.9. The van der Waals surface area contributed by atoms with Crippen molar-refractivity contribution in [3.05, 3.63) is 100 Å². The summed E-state index contributed by atoms with van der Waals surface area (Å²) in [5.41, 5.74) is 7.62. The number of fused-ring (bicyclic) bond motifs is 3. The Kier molecular flexibility index (Phi) is 8.75. The van der Waals surface area contributed by atoms with Gasteiger partial charge in [-0.05, 0) is 109 Å². The monoisotopic (exact) mass is 615 g/mol. The van der Waals surface area contributed by atoms with Crippen LogP contribution in [0.1, 0.15) is 65.3 Å². The predicted octanol–water partition coefficient (Wildman–Crippen LogP) is 6.53. The maximum atomic E-state index is 11.7. The normalized spacial score (nSPS) is 16.8. The molecule has 2 aliphatic rings. The highest BCUT2D eigenvalue weighted by atomic mass is 32.2. The molecule has 1 aromatic heterocycles. The van der Waals surface area contributed by atoms with Gasteiger partial charge in [0.1, 0.15) is 33.7 Å². The molecule has 0 bridgehead atoms. The molecule has 1 N–H and O–H groups in total. The number of carboxylic acids is 1. The fourth-order valence-electron chi connectivity index (χ4n) is 6.17. The van der Waals surface area contributed by atoms with E-state index in [9.17, 15) is 18.3 Å². The number of aromatic nitrogens is 1. The highest BCUT2D eigenvalue weighted by molar-refractivity contribution is 7.91. The molecular formula is C35H37NO7S. The van der Waals surface area contributed by atoms with E-state index >= 15 is 0 Å². The third-order valence-corrected chi connectivity index (χ3v) is 10.4. The molecule has 0 radical (unpaired) electrons. The number of rotatable bonds is 10. The van der Waals surface area contributed by atoms with E-state index < -0.39 is 21.7 Å². The van der Waals surface area contributed by atoms with Crippen LogP contribution in [-0.4, -0.2) is 42.8 Å². The SMILES string of the molecule is Cc1cc(C(CC(=O)O)c2ccc(OCc3ccc4c(c3)-c3ccc(OCC5CCS(=O)(=O)CC5)cc3CCC4)cc2)on1. The maximum Gasteiger partial charge on any atom is 0.304 e. The standard InChI is InChI=1S/C35H37NO7S/c1-23-17-34(43-36-23)33(20-35(37)38)27-7-9-29(10-8-27)41-22-25-5-6-26-3-2-4-28-19-30(11-12-31(28)32(26)18-25)42-21-24-13-15-44(39,40)16-14-24/h5-12,17-19,24,33H,2-4,13-16,20-22H2,1H3,(H,37,38). The lowest BCUT2D eigenvalue weighted by Crippen LogP contribution is -2.26. The average Bonchev–Trinajstić information content (AvgIpc) is 3.36. The number of sulfone groups is 1. The van der Waals surface area contributed by atoms with E-state index in [1.54, 1.807) is 6.07 Å². The molecule has 230 valence electrons. The summed E-state index contributed by atoms with van der Waals surface area (Å²) in [5.74, 6) is 1.54. The first-order chi connectivity index (χ1) is 21.2. The molecule has 44 heavy (non-hydrogen) atoms. The Hall–Kier alpha value is -4.11. The quantitative estimate of drug-likeness (QED) is 0.214. The lowest BCUT2D eigenvalue weighted by molar-refractivity contribution is -0.137. The number of nitrogens with zero attached hydrogens (tertiary/aromatic N) is 1. The number of carbonyl (C=O) groups is 1. The summed E-state index contributed by atoms with van der Waals surface area (Å²) in [5, 5.41) is 13.4. The van der Waals surface area contributed by atoms with Crippen molar-refractivity contribution >= 4 is 15.8 Å². The summed E-state index contributed by atoms with van der Waals surface area (Å²) >= 11 is 0. The molecule has 6 rings (SSSR count). The zero-order chi connectivity index (χ0) is 30.7. The van der Waals surface area contributed by atoms with Crippen LogP contribution in [0.4, 0.5) is 0 Å². The molecule has 8 nitrogen and oxygen atoms in total. The van der Waals surface area contributed by atoms with Gasteiger partial charge in [0, 0.05) is 6.07 Å². The van der Waals surface area contributed by atoms with E-state index in [2.05, 4.69) is 35.5 Å². The fraction of sp³-hybridized carbons (Fsp3) is 0.371. The first-order valence-corrected chi connectivity index (χ1v) is 17.0. The van der Waals surface area contributed by atoms with Crippen LogP contribution in [0.15, 0.2) is 71.3 Å². The molecule has 1 saturated heterocycles. The fourth-order valence-corrected chi connectivity index (χ4v) is 7.76. The van der Waals surface area contributed by atoms with Crippen molar-refractivity contribution in [3.8, 4) is 22.6 Å². The summed E-state index contributed by atoms with van der Waals surface area (Å²) in [6, 6.07) is 22.1. The Bertz CT molecular complexity index is 1730. The van der Waals surface area contributed by atoms with Crippen LogP contribution in [0.3, 0.4) is 0 Å². The van der Waals surface area contributed by atoms with E-state index in [1.807, 2.05) is 37.3 Å². The molecule has 1 aliphatic heterocycles. The van der Waals surface area contributed by atoms with Crippen molar-refractivity contribution in [2.24, 2.45) is 5.92 Å². The molecule has 3 aromatic carbocycles. The number of aliphatic carboxylic acids is 1. The van der Waals surface area contributed by atoms with Gasteiger partial charge in [-0.25, -0.2) is 8.42 Å². The van der Waals surface area contributed by atoms with Crippen molar-refractivity contribution in [2.45, 2.75) is 58.0 Å². The molecule has 1 atom stereocenters. The van der Waals surface area contributed by atoms with Gasteiger partial charge in [-0.3, -0.25) is 4.79 Å². The zero-order valence-corrected chi connectivity index (χ0v) is 25.6. The van der Waals surface area contributed by atoms with Gasteiger partial charge in [-0.1, -0.05) is 35.5 Å². The van der Waals surface area contributed by atoms with Crippen LogP contribution in [0.25, 0.3) is 11.1 Å². The second-order valence-corrected chi connectivity index (χ2v) is 14.3. The van der Waals surface area contributed by atoms with E-state index in [4.69, 9.17) is 14.0 Å². The Labute approximate surface area is 257 Å². The number of aryl methyl sites for hydroxylation is 3. The van der Waals surface area contributed by atoms with E-state index in [0.29, 0.717) is 43.3 Å². The van der Waals surface area contributed by atoms with Crippen LogP contribution in [0.5, 0.6) is 11.5 Å². The van der Waals surface area contributed by atoms with Gasteiger partial charge < -0.3 is 19.1 Å². The van der Waals surface area contributed by atoms with Gasteiger partial charge in [0.15, 0.2) is 0 Å². The van der Waals surface area contributed by atoms with Crippen LogP contribution >= 0.6 is 0 Å². The largest absolute Gasteiger partial charge is 0.493 e. The minimum Gasteiger partial charge on any atom is -0.493 e. The highest BCUT2D eigenvalue weighted by Gasteiger charge is 2.25. The third-order valence-electron chi connectivity index (χ3n) is 8.65. The Morgan fingerprint density at radius 1 is 0.932 bits per heavy atom.